The number of nitrogens with zero attached hydrogens (tertiary/aromatic N) is 2. The Hall–Kier alpha value is -2.39. The van der Waals surface area contributed by atoms with Crippen molar-refractivity contribution in [2.75, 3.05) is 13.7 Å². The van der Waals surface area contributed by atoms with Crippen molar-refractivity contribution in [2.45, 2.75) is 69.8 Å². The number of carbonyl (C=O) groups is 2. The molecule has 0 spiro atoms. The van der Waals surface area contributed by atoms with Crippen molar-refractivity contribution in [3.63, 3.8) is 0 Å². The SMILES string of the molecule is COc1ccc(CC(=O)NC2CC([C@H]3CC[C@@H](OC(=O)N4CCC4C)C3)NN2)cn1. The van der Waals surface area contributed by atoms with Crippen molar-refractivity contribution in [1.82, 2.24) is 26.1 Å². The van der Waals surface area contributed by atoms with E-state index in [4.69, 9.17) is 9.47 Å². The van der Waals surface area contributed by atoms with Gasteiger partial charge in [0.2, 0.25) is 11.8 Å². The van der Waals surface area contributed by atoms with E-state index < -0.39 is 0 Å². The van der Waals surface area contributed by atoms with Gasteiger partial charge in [0.05, 0.1) is 19.7 Å². The zero-order chi connectivity index (χ0) is 21.1. The van der Waals surface area contributed by atoms with Gasteiger partial charge in [-0.15, -0.1) is 0 Å². The Bertz CT molecular complexity index is 758. The van der Waals surface area contributed by atoms with Gasteiger partial charge in [-0.05, 0) is 50.5 Å². The van der Waals surface area contributed by atoms with Gasteiger partial charge in [-0.3, -0.25) is 10.2 Å². The molecule has 3 aliphatic rings. The Morgan fingerprint density at radius 3 is 2.77 bits per heavy atom. The second-order valence-electron chi connectivity index (χ2n) is 8.55. The molecule has 3 unspecified atom stereocenters. The predicted molar refractivity (Wildman–Crippen MR) is 109 cm³/mol. The smallest absolute Gasteiger partial charge is 0.410 e. The van der Waals surface area contributed by atoms with Crippen LogP contribution in [-0.2, 0) is 16.0 Å². The van der Waals surface area contributed by atoms with Crippen LogP contribution in [0.4, 0.5) is 4.79 Å². The lowest BCUT2D eigenvalue weighted by Gasteiger charge is -2.38. The zero-order valence-corrected chi connectivity index (χ0v) is 17.6. The summed E-state index contributed by atoms with van der Waals surface area (Å²) in [4.78, 5) is 30.5. The van der Waals surface area contributed by atoms with Crippen LogP contribution in [0.2, 0.25) is 0 Å². The number of hydrazine groups is 1. The third-order valence-electron chi connectivity index (χ3n) is 6.46. The van der Waals surface area contributed by atoms with Crippen molar-refractivity contribution in [3.8, 4) is 5.88 Å². The fraction of sp³-hybridized carbons (Fsp3) is 0.667. The van der Waals surface area contributed by atoms with Gasteiger partial charge in [0.1, 0.15) is 6.10 Å². The van der Waals surface area contributed by atoms with Gasteiger partial charge < -0.3 is 19.7 Å². The maximum absolute atomic E-state index is 12.3. The third kappa shape index (κ3) is 4.84. The Labute approximate surface area is 176 Å². The quantitative estimate of drug-likeness (QED) is 0.642. The van der Waals surface area contributed by atoms with Gasteiger partial charge in [-0.25, -0.2) is 15.2 Å². The Kier molecular flexibility index (Phi) is 6.38. The van der Waals surface area contributed by atoms with Crippen LogP contribution in [0.1, 0.15) is 44.6 Å². The number of nitrogens with one attached hydrogen (secondary N) is 3. The van der Waals surface area contributed by atoms with E-state index in [-0.39, 0.29) is 36.7 Å². The number of hydrogen-bond acceptors (Lipinski definition) is 7. The number of hydrogen-bond donors (Lipinski definition) is 3. The van der Waals surface area contributed by atoms with E-state index in [2.05, 4.69) is 28.1 Å². The van der Waals surface area contributed by atoms with Gasteiger partial charge in [0.15, 0.2) is 0 Å². The lowest BCUT2D eigenvalue weighted by atomic mass is 9.96. The molecule has 1 saturated carbocycles. The van der Waals surface area contributed by atoms with E-state index in [1.165, 1.54) is 0 Å². The maximum atomic E-state index is 12.3. The molecule has 0 bridgehead atoms. The molecule has 164 valence electrons. The molecular formula is C21H31N5O4. The summed E-state index contributed by atoms with van der Waals surface area (Å²) in [6.07, 6.45) is 6.29. The largest absolute Gasteiger partial charge is 0.481 e. The second-order valence-corrected chi connectivity index (χ2v) is 8.55. The number of aromatic nitrogens is 1. The number of rotatable bonds is 6. The average Bonchev–Trinajstić information content (AvgIpc) is 3.36. The first kappa shape index (κ1) is 20.9. The normalized spacial score (nSPS) is 30.6. The van der Waals surface area contributed by atoms with E-state index >= 15 is 0 Å². The zero-order valence-electron chi connectivity index (χ0n) is 17.6. The van der Waals surface area contributed by atoms with Gasteiger partial charge >= 0.3 is 6.09 Å². The minimum Gasteiger partial charge on any atom is -0.481 e. The van der Waals surface area contributed by atoms with Crippen molar-refractivity contribution >= 4 is 12.0 Å². The van der Waals surface area contributed by atoms with E-state index in [0.717, 1.165) is 44.2 Å². The van der Waals surface area contributed by atoms with Gasteiger partial charge in [0.25, 0.3) is 0 Å². The van der Waals surface area contributed by atoms with Crippen LogP contribution in [0.25, 0.3) is 0 Å². The van der Waals surface area contributed by atoms with Crippen LogP contribution >= 0.6 is 0 Å². The molecule has 3 heterocycles. The first-order valence-corrected chi connectivity index (χ1v) is 10.8. The summed E-state index contributed by atoms with van der Waals surface area (Å²) in [5.41, 5.74) is 7.34. The van der Waals surface area contributed by atoms with Crippen molar-refractivity contribution in [2.24, 2.45) is 5.92 Å². The third-order valence-corrected chi connectivity index (χ3v) is 6.46. The van der Waals surface area contributed by atoms with Crippen LogP contribution in [0.3, 0.4) is 0 Å². The minimum atomic E-state index is -0.171. The highest BCUT2D eigenvalue weighted by atomic mass is 16.6. The number of methoxy groups -OCH3 is 1. The molecule has 4 rings (SSSR count). The highest BCUT2D eigenvalue weighted by Gasteiger charge is 2.38. The van der Waals surface area contributed by atoms with Gasteiger partial charge in [0, 0.05) is 30.9 Å². The Balaban J connectivity index is 1.19. The molecule has 3 fully saturated rings. The monoisotopic (exact) mass is 417 g/mol. The molecule has 1 aliphatic carbocycles. The molecule has 2 saturated heterocycles. The fourth-order valence-electron chi connectivity index (χ4n) is 4.50. The van der Waals surface area contributed by atoms with Crippen LogP contribution in [0.15, 0.2) is 18.3 Å². The number of carbonyl (C=O) groups excluding carboxylic acids is 2. The summed E-state index contributed by atoms with van der Waals surface area (Å²) >= 11 is 0. The average molecular weight is 418 g/mol. The molecule has 0 radical (unpaired) electrons. The van der Waals surface area contributed by atoms with Gasteiger partial charge in [-0.1, -0.05) is 6.07 Å². The molecule has 5 atom stereocenters. The number of ether oxygens (including phenoxy) is 2. The summed E-state index contributed by atoms with van der Waals surface area (Å²) < 4.78 is 10.7. The first-order chi connectivity index (χ1) is 14.5. The summed E-state index contributed by atoms with van der Waals surface area (Å²) in [7, 11) is 1.56. The van der Waals surface area contributed by atoms with E-state index in [1.54, 1.807) is 24.3 Å². The lowest BCUT2D eigenvalue weighted by molar-refractivity contribution is -0.121. The highest BCUT2D eigenvalue weighted by Crippen LogP contribution is 2.33. The predicted octanol–water partition coefficient (Wildman–Crippen LogP) is 1.34. The van der Waals surface area contributed by atoms with Crippen molar-refractivity contribution in [3.05, 3.63) is 23.9 Å². The fourth-order valence-corrected chi connectivity index (χ4v) is 4.50. The highest BCUT2D eigenvalue weighted by molar-refractivity contribution is 5.78. The van der Waals surface area contributed by atoms with E-state index in [0.29, 0.717) is 17.8 Å². The maximum Gasteiger partial charge on any atom is 0.410 e. The van der Waals surface area contributed by atoms with Gasteiger partial charge in [-0.2, -0.15) is 0 Å². The molecule has 2 amide bonds. The topological polar surface area (TPSA) is 105 Å². The molecule has 0 aromatic carbocycles. The summed E-state index contributed by atoms with van der Waals surface area (Å²) in [6, 6.07) is 4.15. The summed E-state index contributed by atoms with van der Waals surface area (Å²) in [5.74, 6) is 0.907. The van der Waals surface area contributed by atoms with E-state index in [9.17, 15) is 9.59 Å². The lowest BCUT2D eigenvalue weighted by Crippen LogP contribution is -2.50. The molecule has 1 aromatic rings. The van der Waals surface area contributed by atoms with Crippen LogP contribution in [-0.4, -0.2) is 59.9 Å². The number of pyridine rings is 1. The van der Waals surface area contributed by atoms with E-state index in [1.807, 2.05) is 6.07 Å². The van der Waals surface area contributed by atoms with Crippen molar-refractivity contribution < 1.29 is 19.1 Å². The molecule has 30 heavy (non-hydrogen) atoms. The summed E-state index contributed by atoms with van der Waals surface area (Å²) in [6.45, 7) is 2.86. The summed E-state index contributed by atoms with van der Waals surface area (Å²) in [5, 5.41) is 3.02. The minimum absolute atomic E-state index is 0.00619. The molecule has 3 N–H and O–H groups in total. The van der Waals surface area contributed by atoms with Crippen LogP contribution in [0.5, 0.6) is 5.88 Å². The number of likely N-dealkylation sites (tertiary alicyclic amines) is 1. The Morgan fingerprint density at radius 2 is 2.10 bits per heavy atom. The molecule has 9 heteroatoms. The second kappa shape index (κ2) is 9.18. The molecule has 2 aliphatic heterocycles. The Morgan fingerprint density at radius 1 is 1.23 bits per heavy atom. The molecule has 1 aromatic heterocycles. The van der Waals surface area contributed by atoms with Crippen molar-refractivity contribution in [1.29, 1.82) is 0 Å². The van der Waals surface area contributed by atoms with Crippen LogP contribution in [0, 0.1) is 5.92 Å². The molecular weight excluding hydrogens is 386 g/mol. The first-order valence-electron chi connectivity index (χ1n) is 10.8. The standard InChI is InChI=1S/C21H31N5O4/c1-13-7-8-26(13)21(28)30-16-5-4-15(10-16)17-11-18(25-24-17)23-19(27)9-14-3-6-20(29-2)22-12-14/h3,6,12-13,15-18,24-25H,4-5,7-11H2,1-2H3,(H,23,27)/t13?,15-,16+,17?,18?/m0/s1. The number of amides is 2. The molecule has 9 nitrogen and oxygen atoms in total. The van der Waals surface area contributed by atoms with Crippen LogP contribution < -0.4 is 20.9 Å².